The van der Waals surface area contributed by atoms with E-state index < -0.39 is 13.2 Å². The highest BCUT2D eigenvalue weighted by Crippen LogP contribution is 2.21. The molecule has 82 valence electrons. The minimum atomic E-state index is -2.68. The van der Waals surface area contributed by atoms with Gasteiger partial charge in [0.05, 0.1) is 0 Å². The Labute approximate surface area is 104 Å². The van der Waals surface area contributed by atoms with Crippen molar-refractivity contribution in [2.75, 3.05) is 0 Å². The maximum absolute atomic E-state index is 7.83. The summed E-state index contributed by atoms with van der Waals surface area (Å²) in [7, 11) is 1.93. The predicted molar refractivity (Wildman–Crippen MR) is 67.2 cm³/mol. The summed E-state index contributed by atoms with van der Waals surface area (Å²) in [6.45, 7) is -0.820. The molecule has 0 unspecified atom stereocenters. The topological polar surface area (TPSA) is 3.88 Å². The van der Waals surface area contributed by atoms with Crippen LogP contribution in [0.3, 0.4) is 0 Å². The maximum atomic E-state index is 7.83. The maximum Gasteiger partial charge on any atom is 0.212 e. The van der Waals surface area contributed by atoms with Crippen molar-refractivity contribution in [2.45, 2.75) is 20.1 Å². The average Bonchev–Trinajstić information content (AvgIpc) is 2.38. The van der Waals surface area contributed by atoms with Crippen LogP contribution >= 0.6 is 0 Å². The number of aryl methyl sites for hydroxylation is 3. The summed E-state index contributed by atoms with van der Waals surface area (Å²) in [5, 5.41) is 0. The molecular formula is C15H18N+. The van der Waals surface area contributed by atoms with Gasteiger partial charge >= 0.3 is 0 Å². The van der Waals surface area contributed by atoms with Crippen LogP contribution in [0.2, 0.25) is 0 Å². The van der Waals surface area contributed by atoms with E-state index in [9.17, 15) is 0 Å². The molecule has 0 atom stereocenters. The second kappa shape index (κ2) is 4.48. The van der Waals surface area contributed by atoms with Crippen molar-refractivity contribution in [1.29, 1.82) is 0 Å². The molecule has 0 fully saturated rings. The molecular weight excluding hydrogens is 194 g/mol. The third-order valence-corrected chi connectivity index (χ3v) is 2.70. The summed E-state index contributed by atoms with van der Waals surface area (Å²) in [6, 6.07) is 10.8. The van der Waals surface area contributed by atoms with Gasteiger partial charge in [-0.15, -0.1) is 0 Å². The van der Waals surface area contributed by atoms with Crippen molar-refractivity contribution in [3.8, 4) is 11.3 Å². The SMILES string of the molecule is [2H]C([2H])([2H])C([2H])([2H])c1ccc(-c2cccc[n+]2C)c(C)c1. The molecule has 1 nitrogen and oxygen atoms in total. The number of aromatic nitrogens is 1. The van der Waals surface area contributed by atoms with E-state index in [0.29, 0.717) is 0 Å². The van der Waals surface area contributed by atoms with E-state index in [1.165, 1.54) is 0 Å². The summed E-state index contributed by atoms with van der Waals surface area (Å²) in [4.78, 5) is 0. The van der Waals surface area contributed by atoms with Crippen LogP contribution in [-0.2, 0) is 13.4 Å². The molecule has 2 rings (SSSR count). The van der Waals surface area contributed by atoms with E-state index in [4.69, 9.17) is 6.85 Å². The number of nitrogens with zero attached hydrogens (tertiary/aromatic N) is 1. The monoisotopic (exact) mass is 217 g/mol. The summed E-state index contributed by atoms with van der Waals surface area (Å²) in [5.74, 6) is 0. The number of hydrogen-bond donors (Lipinski definition) is 0. The van der Waals surface area contributed by atoms with E-state index in [-0.39, 0.29) is 5.56 Å². The zero-order valence-corrected chi connectivity index (χ0v) is 9.49. The zero-order chi connectivity index (χ0) is 15.8. The molecule has 2 aromatic rings. The Hall–Kier alpha value is -1.63. The Balaban J connectivity index is 2.51. The minimum absolute atomic E-state index is 0.183. The number of pyridine rings is 1. The van der Waals surface area contributed by atoms with Gasteiger partial charge in [-0.05, 0) is 36.6 Å². The molecule has 0 radical (unpaired) electrons. The predicted octanol–water partition coefficient (Wildman–Crippen LogP) is 3.05. The molecule has 0 amide bonds. The van der Waals surface area contributed by atoms with E-state index in [2.05, 4.69) is 0 Å². The Morgan fingerprint density at radius 1 is 1.31 bits per heavy atom. The second-order valence-corrected chi connectivity index (χ2v) is 3.85. The van der Waals surface area contributed by atoms with Gasteiger partial charge in [-0.2, -0.15) is 0 Å². The molecule has 0 saturated carbocycles. The fourth-order valence-corrected chi connectivity index (χ4v) is 1.83. The summed E-state index contributed by atoms with van der Waals surface area (Å²) in [6.07, 6.45) is -0.417. The summed E-state index contributed by atoms with van der Waals surface area (Å²) >= 11 is 0. The van der Waals surface area contributed by atoms with Crippen molar-refractivity contribution in [3.63, 3.8) is 0 Å². The standard InChI is InChI=1S/C15H18N/c1-4-13-8-9-14(12(2)11-13)15-7-5-6-10-16(15)3/h5-11H,4H2,1-3H3/q+1/i1D3,4D2. The highest BCUT2D eigenvalue weighted by atomic mass is 14.9. The Kier molecular flexibility index (Phi) is 1.73. The van der Waals surface area contributed by atoms with Crippen molar-refractivity contribution < 1.29 is 11.4 Å². The summed E-state index contributed by atoms with van der Waals surface area (Å²) in [5.41, 5.74) is 2.99. The molecule has 1 aromatic heterocycles. The first kappa shape index (κ1) is 6.19. The van der Waals surface area contributed by atoms with Crippen LogP contribution in [0.15, 0.2) is 42.6 Å². The van der Waals surface area contributed by atoms with Gasteiger partial charge in [-0.25, -0.2) is 4.57 Å². The van der Waals surface area contributed by atoms with E-state index in [1.807, 2.05) is 42.9 Å². The minimum Gasteiger partial charge on any atom is -0.201 e. The van der Waals surface area contributed by atoms with Gasteiger partial charge in [-0.1, -0.05) is 19.0 Å². The van der Waals surface area contributed by atoms with Gasteiger partial charge in [-0.3, -0.25) is 0 Å². The van der Waals surface area contributed by atoms with Crippen LogP contribution < -0.4 is 4.57 Å². The van der Waals surface area contributed by atoms with Gasteiger partial charge in [0.15, 0.2) is 6.20 Å². The first-order valence-electron chi connectivity index (χ1n) is 7.71. The van der Waals surface area contributed by atoms with Crippen LogP contribution in [0.5, 0.6) is 0 Å². The average molecular weight is 217 g/mol. The Morgan fingerprint density at radius 3 is 2.88 bits per heavy atom. The van der Waals surface area contributed by atoms with Crippen molar-refractivity contribution in [1.82, 2.24) is 0 Å². The number of hydrogen-bond acceptors (Lipinski definition) is 0. The molecule has 16 heavy (non-hydrogen) atoms. The lowest BCUT2D eigenvalue weighted by molar-refractivity contribution is -0.660. The number of benzene rings is 1. The van der Waals surface area contributed by atoms with Gasteiger partial charge in [0, 0.05) is 24.5 Å². The Morgan fingerprint density at radius 2 is 2.19 bits per heavy atom. The molecule has 1 heteroatoms. The Bertz CT molecular complexity index is 661. The van der Waals surface area contributed by atoms with Crippen LogP contribution in [0.25, 0.3) is 11.3 Å². The van der Waals surface area contributed by atoms with Crippen LogP contribution in [-0.4, -0.2) is 0 Å². The normalized spacial score (nSPS) is 16.8. The first-order chi connectivity index (χ1) is 9.64. The van der Waals surface area contributed by atoms with Crippen LogP contribution in [0, 0.1) is 6.92 Å². The highest BCUT2D eigenvalue weighted by molar-refractivity contribution is 5.61. The first-order valence-corrected chi connectivity index (χ1v) is 5.21. The van der Waals surface area contributed by atoms with Crippen LogP contribution in [0.1, 0.15) is 24.8 Å². The van der Waals surface area contributed by atoms with E-state index >= 15 is 0 Å². The lowest BCUT2D eigenvalue weighted by atomic mass is 10.0. The van der Waals surface area contributed by atoms with E-state index in [1.54, 1.807) is 18.2 Å². The highest BCUT2D eigenvalue weighted by Gasteiger charge is 2.10. The molecule has 0 spiro atoms. The molecule has 1 heterocycles. The third kappa shape index (κ3) is 1.99. The zero-order valence-electron chi connectivity index (χ0n) is 14.5. The van der Waals surface area contributed by atoms with E-state index in [0.717, 1.165) is 16.8 Å². The molecule has 0 aliphatic heterocycles. The lowest BCUT2D eigenvalue weighted by Gasteiger charge is -2.06. The molecule has 1 aromatic carbocycles. The smallest absolute Gasteiger partial charge is 0.201 e. The molecule has 0 saturated heterocycles. The van der Waals surface area contributed by atoms with Crippen molar-refractivity contribution in [2.24, 2.45) is 7.05 Å². The largest absolute Gasteiger partial charge is 0.212 e. The second-order valence-electron chi connectivity index (χ2n) is 3.85. The van der Waals surface area contributed by atoms with Crippen molar-refractivity contribution >= 4 is 0 Å². The van der Waals surface area contributed by atoms with Gasteiger partial charge in [0.2, 0.25) is 5.69 Å². The lowest BCUT2D eigenvalue weighted by Crippen LogP contribution is -2.30. The number of rotatable bonds is 2. The molecule has 0 N–H and O–H groups in total. The fourth-order valence-electron chi connectivity index (χ4n) is 1.83. The van der Waals surface area contributed by atoms with Gasteiger partial charge < -0.3 is 0 Å². The molecule has 0 bridgehead atoms. The van der Waals surface area contributed by atoms with Gasteiger partial charge in [0.25, 0.3) is 0 Å². The van der Waals surface area contributed by atoms with Gasteiger partial charge in [0.1, 0.15) is 7.05 Å². The fraction of sp³-hybridized carbons (Fsp3) is 0.267. The molecule has 0 aliphatic carbocycles. The van der Waals surface area contributed by atoms with Crippen molar-refractivity contribution in [3.05, 3.63) is 53.7 Å². The third-order valence-electron chi connectivity index (χ3n) is 2.70. The van der Waals surface area contributed by atoms with Crippen LogP contribution in [0.4, 0.5) is 0 Å². The quantitative estimate of drug-likeness (QED) is 0.681. The molecule has 0 aliphatic rings. The summed E-state index contributed by atoms with van der Waals surface area (Å²) < 4.78 is 39.7.